The molecule has 0 N–H and O–H groups in total. The van der Waals surface area contributed by atoms with E-state index >= 15 is 0 Å². The van der Waals surface area contributed by atoms with Crippen LogP contribution in [0.15, 0.2) is 48.1 Å². The zero-order valence-electron chi connectivity index (χ0n) is 12.6. The molecule has 2 aromatic heterocycles. The minimum absolute atomic E-state index is 0. The van der Waals surface area contributed by atoms with Crippen LogP contribution in [0.1, 0.15) is 12.8 Å². The maximum Gasteiger partial charge on any atom is 2.00 e. The maximum absolute atomic E-state index is 3.07. The van der Waals surface area contributed by atoms with E-state index in [1.165, 1.54) is 30.8 Å². The van der Waals surface area contributed by atoms with Crippen LogP contribution in [-0.4, -0.2) is 0 Å². The molecule has 0 aromatic carbocycles. The molecule has 0 amide bonds. The quantitative estimate of drug-likeness (QED) is 0.395. The van der Waals surface area contributed by atoms with Gasteiger partial charge in [-0.05, 0) is 0 Å². The SMILES string of the molecule is [C-]1=CC=CC1.[C-]1=CC=CC1.[Cl-].[Cl-].[Zr+2].[Zr+2].[c-]1c[pH]pp1.[c-]1c[pH]pp1. The Morgan fingerprint density at radius 3 is 1.21 bits per heavy atom. The predicted molar refractivity (Wildman–Crippen MR) is 103 cm³/mol. The summed E-state index contributed by atoms with van der Waals surface area (Å²) >= 11 is 0. The summed E-state index contributed by atoms with van der Waals surface area (Å²) in [7, 11) is 7.85. The Bertz CT molecular complexity index is 411. The molecule has 2 unspecified atom stereocenters. The van der Waals surface area contributed by atoms with E-state index in [1.54, 1.807) is 0 Å². The molecule has 0 saturated heterocycles. The molecule has 0 bridgehead atoms. The van der Waals surface area contributed by atoms with Gasteiger partial charge in [-0.3, -0.25) is 27.9 Å². The Labute approximate surface area is 206 Å². The molecule has 4 rings (SSSR count). The number of halogens is 2. The fourth-order valence-electron chi connectivity index (χ4n) is 0.969. The average molecular weight is 621 g/mol. The van der Waals surface area contributed by atoms with E-state index in [-0.39, 0.29) is 77.2 Å². The van der Waals surface area contributed by atoms with Gasteiger partial charge in [-0.25, -0.2) is 35.9 Å². The van der Waals surface area contributed by atoms with Crippen molar-refractivity contribution in [1.82, 2.24) is 0 Å². The van der Waals surface area contributed by atoms with E-state index in [0.717, 1.165) is 28.6 Å². The fourth-order valence-corrected chi connectivity index (χ4v) is 8.47. The van der Waals surface area contributed by atoms with E-state index in [2.05, 4.69) is 47.5 Å². The summed E-state index contributed by atoms with van der Waals surface area (Å²) in [6.07, 6.45) is 20.0. The molecule has 2 aliphatic rings. The van der Waals surface area contributed by atoms with Crippen molar-refractivity contribution >= 4 is 46.6 Å². The Morgan fingerprint density at radius 2 is 1.12 bits per heavy atom. The molecule has 0 fully saturated rings. The maximum atomic E-state index is 3.07. The molecule has 0 aliphatic heterocycles. The second-order valence-corrected chi connectivity index (χ2v) is 13.2. The molecule has 24 heavy (non-hydrogen) atoms. The van der Waals surface area contributed by atoms with Crippen molar-refractivity contribution in [3.8, 4) is 0 Å². The zero-order chi connectivity index (χ0) is 14.1. The second-order valence-electron chi connectivity index (χ2n) is 3.21. The summed E-state index contributed by atoms with van der Waals surface area (Å²) in [6.45, 7) is 0. The van der Waals surface area contributed by atoms with Crippen LogP contribution < -0.4 is 24.8 Å². The first-order valence-electron chi connectivity index (χ1n) is 5.88. The van der Waals surface area contributed by atoms with Gasteiger partial charge in [0.15, 0.2) is 0 Å². The van der Waals surface area contributed by atoms with E-state index < -0.39 is 0 Å². The first-order valence-corrected chi connectivity index (χ1v) is 14.7. The molecule has 0 nitrogen and oxygen atoms in total. The van der Waals surface area contributed by atoms with Crippen molar-refractivity contribution < 1.29 is 77.2 Å². The van der Waals surface area contributed by atoms with Crippen molar-refractivity contribution in [2.75, 3.05) is 0 Å². The molecule has 0 spiro atoms. The summed E-state index contributed by atoms with van der Waals surface area (Å²) in [4.78, 5) is 0. The monoisotopic (exact) mass is 618 g/mol. The van der Waals surface area contributed by atoms with Gasteiger partial charge in [-0.2, -0.15) is 12.2 Å². The Kier molecular flexibility index (Phi) is 43.1. The van der Waals surface area contributed by atoms with Gasteiger partial charge in [0.1, 0.15) is 0 Å². The first-order chi connectivity index (χ1) is 10.0. The van der Waals surface area contributed by atoms with Gasteiger partial charge in [0.05, 0.1) is 0 Å². The average Bonchev–Trinajstić information content (AvgIpc) is 3.40. The van der Waals surface area contributed by atoms with Crippen LogP contribution in [-0.2, 0) is 52.4 Å². The zero-order valence-corrected chi connectivity index (χ0v) is 24.6. The van der Waals surface area contributed by atoms with E-state index in [1.807, 2.05) is 24.3 Å². The van der Waals surface area contributed by atoms with Gasteiger partial charge in [0.2, 0.25) is 0 Å². The summed E-state index contributed by atoms with van der Waals surface area (Å²) in [5, 5.41) is 0. The molecule has 10 heteroatoms. The molecule has 2 aliphatic carbocycles. The van der Waals surface area contributed by atoms with Gasteiger partial charge in [0, 0.05) is 0 Å². The van der Waals surface area contributed by atoms with E-state index in [0.29, 0.717) is 0 Å². The van der Waals surface area contributed by atoms with Gasteiger partial charge >= 0.3 is 52.4 Å². The van der Waals surface area contributed by atoms with Crippen molar-refractivity contribution in [1.29, 1.82) is 0 Å². The summed E-state index contributed by atoms with van der Waals surface area (Å²) in [6, 6.07) is 0. The van der Waals surface area contributed by atoms with Gasteiger partial charge in [0.25, 0.3) is 0 Å². The first kappa shape index (κ1) is 34.1. The number of hydrogen-bond donors (Lipinski definition) is 0. The molecule has 2 heterocycles. The van der Waals surface area contributed by atoms with Crippen LogP contribution in [0.2, 0.25) is 0 Å². The molecular weight excluding hydrogens is 607 g/mol. The third-order valence-electron chi connectivity index (χ3n) is 1.76. The molecule has 2 aromatic rings. The largest absolute Gasteiger partial charge is 2.00 e. The van der Waals surface area contributed by atoms with Gasteiger partial charge in [-0.15, -0.1) is 28.6 Å². The van der Waals surface area contributed by atoms with E-state index in [4.69, 9.17) is 0 Å². The molecule has 2 atom stereocenters. The smallest absolute Gasteiger partial charge is 1.00 e. The van der Waals surface area contributed by atoms with Crippen molar-refractivity contribution in [2.45, 2.75) is 12.8 Å². The van der Waals surface area contributed by atoms with Crippen molar-refractivity contribution in [3.05, 3.63) is 71.8 Å². The fraction of sp³-hybridized carbons (Fsp3) is 0.143. The third kappa shape index (κ3) is 26.8. The van der Waals surface area contributed by atoms with Gasteiger partial charge < -0.3 is 36.4 Å². The minimum atomic E-state index is 0. The Hall–Kier alpha value is 2.59. The number of rotatable bonds is 0. The number of allylic oxidation sites excluding steroid dienone is 8. The van der Waals surface area contributed by atoms with Crippen molar-refractivity contribution in [2.24, 2.45) is 0 Å². The van der Waals surface area contributed by atoms with E-state index in [9.17, 15) is 0 Å². The molecule has 124 valence electrons. The van der Waals surface area contributed by atoms with Crippen molar-refractivity contribution in [3.63, 3.8) is 0 Å². The third-order valence-corrected chi connectivity index (χ3v) is 10.4. The topological polar surface area (TPSA) is 0 Å². The Morgan fingerprint density at radius 1 is 0.708 bits per heavy atom. The molecular formula is C14H14Cl2P6Zr2-2. The predicted octanol–water partition coefficient (Wildman–Crippen LogP) is 1.97. The summed E-state index contributed by atoms with van der Waals surface area (Å²) in [5.74, 6) is 10.4. The van der Waals surface area contributed by atoms with Gasteiger partial charge in [-0.1, -0.05) is 15.1 Å². The normalized spacial score (nSPS) is 12.7. The summed E-state index contributed by atoms with van der Waals surface area (Å²) < 4.78 is 0. The molecule has 0 saturated carbocycles. The molecule has 0 radical (unpaired) electrons. The van der Waals surface area contributed by atoms with Crippen LogP contribution in [0, 0.1) is 23.7 Å². The Balaban J connectivity index is -0.000000105. The summed E-state index contributed by atoms with van der Waals surface area (Å²) in [5.41, 5.74) is 0. The van der Waals surface area contributed by atoms with Crippen LogP contribution >= 0.6 is 46.6 Å². The van der Waals surface area contributed by atoms with Crippen LogP contribution in [0.3, 0.4) is 0 Å². The number of hydrogen-bond acceptors (Lipinski definition) is 0. The minimum Gasteiger partial charge on any atom is -1.00 e. The standard InChI is InChI=1S/2C5H5.2C2H2P3.2ClH.2Zr/c4*1-2-4-5-3-1;;;;/h2*1-3H,4H2;2*1,3H;2*1H;;/q4*-1;;;2*+2/p-2. The second kappa shape index (κ2) is 30.3. The van der Waals surface area contributed by atoms with Crippen LogP contribution in [0.4, 0.5) is 0 Å². The van der Waals surface area contributed by atoms with Crippen LogP contribution in [0.25, 0.3) is 0 Å². The van der Waals surface area contributed by atoms with Crippen LogP contribution in [0.5, 0.6) is 0 Å².